The molecule has 0 bridgehead atoms. The molecule has 1 saturated heterocycles. The summed E-state index contributed by atoms with van der Waals surface area (Å²) in [5, 5.41) is 30.7. The van der Waals surface area contributed by atoms with Gasteiger partial charge in [0.1, 0.15) is 5.75 Å². The lowest BCUT2D eigenvalue weighted by Crippen LogP contribution is -2.45. The third-order valence-corrected chi connectivity index (χ3v) is 7.74. The number of hydrogen-bond donors (Lipinski definition) is 3. The van der Waals surface area contributed by atoms with E-state index in [1.165, 1.54) is 12.8 Å². The van der Waals surface area contributed by atoms with Gasteiger partial charge in [0.15, 0.2) is 5.71 Å². The number of para-hydroxylation sites is 1. The van der Waals surface area contributed by atoms with Gasteiger partial charge in [-0.05, 0) is 69.4 Å². The van der Waals surface area contributed by atoms with Crippen molar-refractivity contribution >= 4 is 29.0 Å². The third kappa shape index (κ3) is 4.53. The summed E-state index contributed by atoms with van der Waals surface area (Å²) >= 11 is 0. The number of carboxylic acids is 1. The lowest BCUT2D eigenvalue weighted by molar-refractivity contribution is -0.143. The van der Waals surface area contributed by atoms with Gasteiger partial charge in [-0.1, -0.05) is 18.6 Å². The van der Waals surface area contributed by atoms with E-state index in [4.69, 9.17) is 0 Å². The molecular weight excluding hydrogens is 434 g/mol. The molecule has 2 heterocycles. The number of carbonyl (C=O) groups is 2. The molecular formula is C25H33N5O4. The number of anilines is 1. The first kappa shape index (κ1) is 22.8. The van der Waals surface area contributed by atoms with Crippen molar-refractivity contribution in [3.8, 4) is 5.75 Å². The molecule has 3 fully saturated rings. The van der Waals surface area contributed by atoms with Crippen LogP contribution in [0.5, 0.6) is 5.75 Å². The number of carboxylic acid groups (broad SMARTS) is 1. The van der Waals surface area contributed by atoms with Gasteiger partial charge in [0, 0.05) is 19.1 Å². The van der Waals surface area contributed by atoms with Crippen molar-refractivity contribution in [2.24, 2.45) is 16.1 Å². The summed E-state index contributed by atoms with van der Waals surface area (Å²) in [5.74, 6) is -1.32. The lowest BCUT2D eigenvalue weighted by Gasteiger charge is -2.34. The van der Waals surface area contributed by atoms with Crippen LogP contribution in [0.2, 0.25) is 0 Å². The van der Waals surface area contributed by atoms with Crippen LogP contribution < -0.4 is 5.43 Å². The fourth-order valence-electron chi connectivity index (χ4n) is 5.62. The van der Waals surface area contributed by atoms with Crippen LogP contribution in [0.4, 0.5) is 5.69 Å². The molecule has 1 amide bonds. The van der Waals surface area contributed by atoms with E-state index >= 15 is 0 Å². The first-order valence-electron chi connectivity index (χ1n) is 12.4. The molecule has 5 rings (SSSR count). The fraction of sp³-hybridized carbons (Fsp3) is 0.600. The number of rotatable bonds is 6. The van der Waals surface area contributed by atoms with Crippen molar-refractivity contribution in [3.63, 3.8) is 0 Å². The minimum Gasteiger partial charge on any atom is -0.505 e. The highest BCUT2D eigenvalue weighted by Gasteiger charge is 2.39. The average molecular weight is 468 g/mol. The molecule has 34 heavy (non-hydrogen) atoms. The standard InChI is InChI=1S/C25H33N5O4/c1-15-22(24(32)30(28-15)19-10-12-29(13-11-19)18-8-9-18)27-26-21-7-3-6-20(23(21)31)16-4-2-5-17(14-16)25(33)34/h3,6-7,16-19,26,31H,2,4-5,8-14H2,1H3,(H,33,34). The van der Waals surface area contributed by atoms with Gasteiger partial charge < -0.3 is 15.1 Å². The number of hydrogen-bond acceptors (Lipinski definition) is 7. The van der Waals surface area contributed by atoms with Crippen molar-refractivity contribution in [2.75, 3.05) is 18.5 Å². The number of nitrogens with one attached hydrogen (secondary N) is 1. The monoisotopic (exact) mass is 467 g/mol. The second-order valence-corrected chi connectivity index (χ2v) is 10.0. The van der Waals surface area contributed by atoms with Gasteiger partial charge in [-0.15, -0.1) is 0 Å². The zero-order chi connectivity index (χ0) is 23.8. The Morgan fingerprint density at radius 1 is 1.12 bits per heavy atom. The van der Waals surface area contributed by atoms with E-state index in [0.717, 1.165) is 50.4 Å². The predicted molar refractivity (Wildman–Crippen MR) is 129 cm³/mol. The topological polar surface area (TPSA) is 118 Å². The first-order chi connectivity index (χ1) is 16.4. The normalized spacial score (nSPS) is 27.8. The molecule has 9 nitrogen and oxygen atoms in total. The van der Waals surface area contributed by atoms with E-state index in [-0.39, 0.29) is 35.2 Å². The number of piperidine rings is 1. The summed E-state index contributed by atoms with van der Waals surface area (Å²) in [7, 11) is 0. The van der Waals surface area contributed by atoms with Gasteiger partial charge in [-0.25, -0.2) is 5.01 Å². The number of benzene rings is 1. The summed E-state index contributed by atoms with van der Waals surface area (Å²) < 4.78 is 0. The molecule has 1 aromatic rings. The first-order valence-corrected chi connectivity index (χ1v) is 12.4. The summed E-state index contributed by atoms with van der Waals surface area (Å²) in [5.41, 5.74) is 4.82. The Hall–Kier alpha value is -2.94. The Bertz CT molecular complexity index is 1030. The van der Waals surface area contributed by atoms with Crippen molar-refractivity contribution in [3.05, 3.63) is 23.8 Å². The zero-order valence-corrected chi connectivity index (χ0v) is 19.6. The van der Waals surface area contributed by atoms with Gasteiger partial charge in [0.25, 0.3) is 5.91 Å². The van der Waals surface area contributed by atoms with Gasteiger partial charge in [0.05, 0.1) is 23.4 Å². The Morgan fingerprint density at radius 2 is 1.88 bits per heavy atom. The fourth-order valence-corrected chi connectivity index (χ4v) is 5.62. The van der Waals surface area contributed by atoms with E-state index in [9.17, 15) is 19.8 Å². The summed E-state index contributed by atoms with van der Waals surface area (Å²) in [6, 6.07) is 6.20. The maximum absolute atomic E-state index is 13.1. The number of likely N-dealkylation sites (tertiary alicyclic amines) is 1. The molecule has 0 radical (unpaired) electrons. The van der Waals surface area contributed by atoms with E-state index in [1.54, 1.807) is 18.0 Å². The molecule has 3 N–H and O–H groups in total. The Labute approximate surface area is 199 Å². The van der Waals surface area contributed by atoms with Crippen molar-refractivity contribution < 1.29 is 19.8 Å². The largest absolute Gasteiger partial charge is 0.505 e. The maximum Gasteiger partial charge on any atom is 0.306 e. The highest BCUT2D eigenvalue weighted by molar-refractivity contribution is 6.68. The van der Waals surface area contributed by atoms with Crippen LogP contribution in [-0.2, 0) is 9.59 Å². The van der Waals surface area contributed by atoms with Crippen LogP contribution >= 0.6 is 0 Å². The zero-order valence-electron chi connectivity index (χ0n) is 19.6. The maximum atomic E-state index is 13.1. The minimum atomic E-state index is -0.776. The van der Waals surface area contributed by atoms with E-state index < -0.39 is 5.97 Å². The molecule has 0 spiro atoms. The van der Waals surface area contributed by atoms with Crippen LogP contribution in [0, 0.1) is 5.92 Å². The van der Waals surface area contributed by atoms with Gasteiger partial charge in [-0.2, -0.15) is 10.2 Å². The van der Waals surface area contributed by atoms with E-state index in [1.807, 2.05) is 12.1 Å². The minimum absolute atomic E-state index is 0.0161. The van der Waals surface area contributed by atoms with E-state index in [2.05, 4.69) is 20.5 Å². The van der Waals surface area contributed by atoms with Crippen LogP contribution in [0.15, 0.2) is 28.4 Å². The second kappa shape index (κ2) is 9.37. The van der Waals surface area contributed by atoms with E-state index in [0.29, 0.717) is 24.2 Å². The predicted octanol–water partition coefficient (Wildman–Crippen LogP) is 3.36. The van der Waals surface area contributed by atoms with Crippen LogP contribution in [0.1, 0.15) is 69.8 Å². The number of phenols is 1. The molecule has 2 unspecified atom stereocenters. The SMILES string of the molecule is CC1=NN(C2CCN(C3CC3)CC2)C(=O)C1=NNc1cccc(C2CCCC(C(=O)O)C2)c1O. The Balaban J connectivity index is 1.26. The van der Waals surface area contributed by atoms with Gasteiger partial charge >= 0.3 is 5.97 Å². The number of phenolic OH excluding ortho intramolecular Hbond substituents is 1. The number of aromatic hydroxyl groups is 1. The Kier molecular flexibility index (Phi) is 6.29. The lowest BCUT2D eigenvalue weighted by atomic mass is 9.77. The molecule has 4 aliphatic rings. The Morgan fingerprint density at radius 3 is 2.59 bits per heavy atom. The number of nitrogens with zero attached hydrogens (tertiary/aromatic N) is 4. The molecule has 2 atom stereocenters. The summed E-state index contributed by atoms with van der Waals surface area (Å²) in [6.07, 6.45) is 7.27. The molecule has 2 aliphatic heterocycles. The highest BCUT2D eigenvalue weighted by Crippen LogP contribution is 2.42. The highest BCUT2D eigenvalue weighted by atomic mass is 16.4. The van der Waals surface area contributed by atoms with Gasteiger partial charge in [-0.3, -0.25) is 15.0 Å². The second-order valence-electron chi connectivity index (χ2n) is 10.0. The number of amides is 1. The smallest absolute Gasteiger partial charge is 0.306 e. The molecule has 2 saturated carbocycles. The van der Waals surface area contributed by atoms with Crippen molar-refractivity contribution in [1.29, 1.82) is 0 Å². The van der Waals surface area contributed by atoms with Crippen LogP contribution in [0.25, 0.3) is 0 Å². The van der Waals surface area contributed by atoms with Crippen LogP contribution in [-0.4, -0.2) is 68.6 Å². The van der Waals surface area contributed by atoms with Gasteiger partial charge in [0.2, 0.25) is 0 Å². The molecule has 9 heteroatoms. The third-order valence-electron chi connectivity index (χ3n) is 7.74. The molecule has 0 aromatic heterocycles. The van der Waals surface area contributed by atoms with Crippen molar-refractivity contribution in [1.82, 2.24) is 9.91 Å². The summed E-state index contributed by atoms with van der Waals surface area (Å²) in [4.78, 5) is 27.0. The summed E-state index contributed by atoms with van der Waals surface area (Å²) in [6.45, 7) is 3.79. The molecule has 2 aliphatic carbocycles. The number of hydrazone groups is 2. The molecule has 1 aromatic carbocycles. The number of carbonyl (C=O) groups excluding carboxylic acids is 1. The average Bonchev–Trinajstić information content (AvgIpc) is 3.65. The quantitative estimate of drug-likeness (QED) is 0.436. The number of aliphatic carboxylic acids is 1. The molecule has 182 valence electrons. The van der Waals surface area contributed by atoms with Crippen LogP contribution in [0.3, 0.4) is 0 Å². The van der Waals surface area contributed by atoms with Crippen molar-refractivity contribution in [2.45, 2.75) is 76.3 Å².